The first kappa shape index (κ1) is 41.1. The van der Waals surface area contributed by atoms with E-state index in [4.69, 9.17) is 0 Å². The van der Waals surface area contributed by atoms with Crippen LogP contribution in [0.2, 0.25) is 0 Å². The van der Waals surface area contributed by atoms with E-state index in [1.165, 1.54) is 144 Å². The zero-order valence-electron chi connectivity index (χ0n) is 41.3. The van der Waals surface area contributed by atoms with Crippen LogP contribution in [0.25, 0.3) is 44.5 Å². The van der Waals surface area contributed by atoms with Crippen LogP contribution in [0.4, 0.5) is 34.1 Å². The van der Waals surface area contributed by atoms with Crippen molar-refractivity contribution in [1.82, 2.24) is 0 Å². The molecular formula is C70H47BN2S. The van der Waals surface area contributed by atoms with E-state index in [-0.39, 0.29) is 6.71 Å². The van der Waals surface area contributed by atoms with Crippen molar-refractivity contribution in [3.63, 3.8) is 0 Å². The highest BCUT2D eigenvalue weighted by molar-refractivity contribution is 7.30. The normalized spacial score (nSPS) is 15.2. The molecular weight excluding hydrogens is 912 g/mol. The Morgan fingerprint density at radius 1 is 0.405 bits per heavy atom. The van der Waals surface area contributed by atoms with Crippen molar-refractivity contribution < 1.29 is 0 Å². The molecule has 74 heavy (non-hydrogen) atoms. The molecule has 0 fully saturated rings. The van der Waals surface area contributed by atoms with Gasteiger partial charge in [-0.3, -0.25) is 0 Å². The molecule has 1 aromatic heterocycles. The molecule has 0 unspecified atom stereocenters. The summed E-state index contributed by atoms with van der Waals surface area (Å²) in [5.74, 6) is 0.384. The van der Waals surface area contributed by atoms with Gasteiger partial charge in [0.2, 0.25) is 0 Å². The molecule has 0 amide bonds. The lowest BCUT2D eigenvalue weighted by molar-refractivity contribution is 0.794. The smallest absolute Gasteiger partial charge is 0.264 e. The molecule has 0 atom stereocenters. The Labute approximate surface area is 436 Å². The number of rotatable bonds is 3. The summed E-state index contributed by atoms with van der Waals surface area (Å²) >= 11 is 2.08. The maximum atomic E-state index is 2.66. The zero-order valence-corrected chi connectivity index (χ0v) is 42.1. The van der Waals surface area contributed by atoms with Gasteiger partial charge in [0.15, 0.2) is 0 Å². The number of fused-ring (bicyclic) bond motifs is 25. The van der Waals surface area contributed by atoms with Crippen molar-refractivity contribution in [2.75, 3.05) is 9.80 Å². The first-order chi connectivity index (χ1) is 36.5. The zero-order chi connectivity index (χ0) is 48.8. The lowest BCUT2D eigenvalue weighted by Crippen LogP contribution is -2.60. The fourth-order valence-corrected chi connectivity index (χ4v) is 16.7. The summed E-state index contributed by atoms with van der Waals surface area (Å²) in [7, 11) is 0. The van der Waals surface area contributed by atoms with Crippen molar-refractivity contribution in [2.24, 2.45) is 0 Å². The van der Waals surface area contributed by atoms with Crippen LogP contribution in [0.5, 0.6) is 0 Å². The van der Waals surface area contributed by atoms with Gasteiger partial charge in [0, 0.05) is 43.7 Å². The lowest BCUT2D eigenvalue weighted by Gasteiger charge is -2.44. The number of nitrogens with zero attached hydrogens (tertiary/aromatic N) is 2. The van der Waals surface area contributed by atoms with Crippen molar-refractivity contribution in [3.05, 3.63) is 279 Å². The Bertz CT molecular complexity index is 4190. The average molecular weight is 959 g/mol. The van der Waals surface area contributed by atoms with E-state index in [2.05, 4.69) is 266 Å². The largest absolute Gasteiger partial charge is 0.311 e. The van der Waals surface area contributed by atoms with Gasteiger partial charge in [0.05, 0.1) is 16.5 Å². The highest BCUT2D eigenvalue weighted by atomic mass is 32.1. The predicted octanol–water partition coefficient (Wildman–Crippen LogP) is 15.9. The van der Waals surface area contributed by atoms with Gasteiger partial charge in [-0.2, -0.15) is 0 Å². The highest BCUT2D eigenvalue weighted by Crippen LogP contribution is 2.68. The molecule has 10 aromatic carbocycles. The Kier molecular flexibility index (Phi) is 8.00. The molecule has 2 spiro atoms. The first-order valence-electron chi connectivity index (χ1n) is 26.3. The summed E-state index contributed by atoms with van der Waals surface area (Å²) in [6, 6.07) is 86.4. The average Bonchev–Trinajstić information content (AvgIpc) is 4.41. The molecule has 17 rings (SSSR count). The van der Waals surface area contributed by atoms with Crippen LogP contribution >= 0.6 is 11.3 Å². The third kappa shape index (κ3) is 4.80. The van der Waals surface area contributed by atoms with E-state index < -0.39 is 10.8 Å². The van der Waals surface area contributed by atoms with Crippen LogP contribution in [-0.2, 0) is 10.8 Å². The number of anilines is 6. The van der Waals surface area contributed by atoms with Gasteiger partial charge in [-0.15, -0.1) is 11.3 Å². The van der Waals surface area contributed by atoms with E-state index in [1.54, 1.807) is 0 Å². The van der Waals surface area contributed by atoms with Crippen molar-refractivity contribution in [2.45, 2.75) is 37.5 Å². The molecule has 346 valence electrons. The van der Waals surface area contributed by atoms with Gasteiger partial charge in [0.25, 0.3) is 6.71 Å². The number of benzene rings is 10. The predicted molar refractivity (Wildman–Crippen MR) is 310 cm³/mol. The van der Waals surface area contributed by atoms with Gasteiger partial charge in [0.1, 0.15) is 0 Å². The second kappa shape index (κ2) is 14.4. The molecule has 11 aromatic rings. The van der Waals surface area contributed by atoms with Gasteiger partial charge >= 0.3 is 0 Å². The number of thiophene rings is 1. The molecule has 4 aliphatic carbocycles. The maximum Gasteiger partial charge on any atom is 0.264 e. The van der Waals surface area contributed by atoms with E-state index in [1.807, 2.05) is 0 Å². The highest BCUT2D eigenvalue weighted by Gasteiger charge is 2.58. The number of aryl methyl sites for hydroxylation is 1. The summed E-state index contributed by atoms with van der Waals surface area (Å²) in [6.45, 7) is 6.92. The van der Waals surface area contributed by atoms with E-state index in [9.17, 15) is 0 Å². The Morgan fingerprint density at radius 3 is 1.41 bits per heavy atom. The monoisotopic (exact) mass is 958 g/mol. The summed E-state index contributed by atoms with van der Waals surface area (Å²) < 4.78 is 1.41. The van der Waals surface area contributed by atoms with Gasteiger partial charge in [-0.05, 0) is 155 Å². The Hall–Kier alpha value is -8.44. The summed E-state index contributed by atoms with van der Waals surface area (Å²) in [5.41, 5.74) is 32.1. The third-order valence-electron chi connectivity index (χ3n) is 17.8. The minimum Gasteiger partial charge on any atom is -0.311 e. The minimum absolute atomic E-state index is 0.0550. The summed E-state index contributed by atoms with van der Waals surface area (Å²) in [4.78, 5) is 6.71. The quantitative estimate of drug-likeness (QED) is 0.163. The molecule has 0 saturated heterocycles. The lowest BCUT2D eigenvalue weighted by atomic mass is 9.36. The Morgan fingerprint density at radius 2 is 0.865 bits per heavy atom. The molecule has 2 nitrogen and oxygen atoms in total. The molecule has 6 aliphatic rings. The van der Waals surface area contributed by atoms with E-state index in [0.29, 0.717) is 5.92 Å². The van der Waals surface area contributed by atoms with Crippen LogP contribution in [0.1, 0.15) is 74.7 Å². The second-order valence-electron chi connectivity index (χ2n) is 21.7. The molecule has 0 radical (unpaired) electrons. The fourth-order valence-electron chi connectivity index (χ4n) is 15.1. The van der Waals surface area contributed by atoms with Gasteiger partial charge < -0.3 is 9.80 Å². The van der Waals surface area contributed by atoms with Crippen molar-refractivity contribution in [3.8, 4) is 44.5 Å². The number of hydrogen-bond donors (Lipinski definition) is 0. The second-order valence-corrected chi connectivity index (χ2v) is 22.7. The van der Waals surface area contributed by atoms with Crippen LogP contribution in [0.15, 0.2) is 224 Å². The van der Waals surface area contributed by atoms with Crippen LogP contribution in [-0.4, -0.2) is 6.71 Å². The third-order valence-corrected chi connectivity index (χ3v) is 19.2. The topological polar surface area (TPSA) is 6.48 Å². The molecule has 0 saturated carbocycles. The molecule has 3 heterocycles. The maximum absolute atomic E-state index is 2.66. The molecule has 0 bridgehead atoms. The van der Waals surface area contributed by atoms with Gasteiger partial charge in [-0.25, -0.2) is 0 Å². The summed E-state index contributed by atoms with van der Waals surface area (Å²) in [5, 5.41) is 0. The molecule has 4 heteroatoms. The van der Waals surface area contributed by atoms with Crippen LogP contribution in [0, 0.1) is 6.92 Å². The van der Waals surface area contributed by atoms with Crippen molar-refractivity contribution >= 4 is 67.9 Å². The minimum atomic E-state index is -0.488. The number of para-hydroxylation sites is 2. The SMILES string of the molecule is Cc1cc2c3c(c1)N(c1ccccc1)c1c(sc4c1-c1ccc(C(C)C)cc1C41c4ccccc4-c4ccccc41)B3c1cc3c(cc1N2c1ccccc1)C1(c2ccccc2-c2ccccc21)c1ccccc1-3. The van der Waals surface area contributed by atoms with Gasteiger partial charge in [-0.1, -0.05) is 196 Å². The van der Waals surface area contributed by atoms with E-state index in [0.717, 1.165) is 5.69 Å². The number of hydrogen-bond acceptors (Lipinski definition) is 3. The fraction of sp³-hybridized carbons (Fsp3) is 0.0857. The van der Waals surface area contributed by atoms with Crippen LogP contribution in [0.3, 0.4) is 0 Å². The first-order valence-corrected chi connectivity index (χ1v) is 27.1. The van der Waals surface area contributed by atoms with Crippen LogP contribution < -0.4 is 25.5 Å². The Balaban J connectivity index is 1.03. The van der Waals surface area contributed by atoms with E-state index >= 15 is 0 Å². The van der Waals surface area contributed by atoms with Crippen molar-refractivity contribution in [1.29, 1.82) is 0 Å². The standard InChI is InChI=1S/C70H47BN2S/c1-41(2)43-34-35-51-58(38-43)70(56-32-18-12-26-48(56)49-27-13-19-33-57(49)70)67-64(51)66-68(74-67)71-60-39-52-50-28-14-17-31-55(50)69(53-29-15-10-24-46(53)47-25-11-16-30-54(47)69)59(52)40-61(60)72(44-20-6-4-7-21-44)62-36-42(3)37-63(65(62)71)73(66)45-22-8-5-9-23-45/h4-41H,1-3H3. The molecule has 2 aliphatic heterocycles. The molecule has 0 N–H and O–H groups in total. The summed E-state index contributed by atoms with van der Waals surface area (Å²) in [6.07, 6.45) is 0.